The molecule has 1 saturated heterocycles. The minimum atomic E-state index is -3.59. The summed E-state index contributed by atoms with van der Waals surface area (Å²) in [5.74, 6) is 0.117. The number of hydrogen-bond donors (Lipinski definition) is 1. The van der Waals surface area contributed by atoms with E-state index in [4.69, 9.17) is 9.47 Å². The highest BCUT2D eigenvalue weighted by Gasteiger charge is 2.27. The van der Waals surface area contributed by atoms with E-state index in [0.717, 1.165) is 5.52 Å². The van der Waals surface area contributed by atoms with Crippen LogP contribution in [-0.4, -0.2) is 80.0 Å². The Morgan fingerprint density at radius 1 is 1.37 bits per heavy atom. The van der Waals surface area contributed by atoms with Gasteiger partial charge in [-0.05, 0) is 32.0 Å². The predicted octanol–water partition coefficient (Wildman–Crippen LogP) is 1.32. The first-order chi connectivity index (χ1) is 14.4. The van der Waals surface area contributed by atoms with E-state index in [2.05, 4.69) is 10.3 Å². The maximum Gasteiger partial charge on any atom is 0.243 e. The van der Waals surface area contributed by atoms with Crippen molar-refractivity contribution in [1.82, 2.24) is 19.2 Å². The van der Waals surface area contributed by atoms with Gasteiger partial charge in [0.1, 0.15) is 0 Å². The number of methoxy groups -OCH3 is 1. The third-order valence-corrected chi connectivity index (χ3v) is 7.64. The van der Waals surface area contributed by atoms with Crippen LogP contribution in [0.2, 0.25) is 0 Å². The molecule has 11 heteroatoms. The van der Waals surface area contributed by atoms with Crippen molar-refractivity contribution in [3.63, 3.8) is 0 Å². The summed E-state index contributed by atoms with van der Waals surface area (Å²) in [6.07, 6.45) is 0. The van der Waals surface area contributed by atoms with E-state index >= 15 is 0 Å². The van der Waals surface area contributed by atoms with Crippen LogP contribution in [0.4, 0.5) is 0 Å². The number of ether oxygens (including phenoxy) is 2. The molecule has 1 aromatic heterocycles. The minimum absolute atomic E-state index is 0.0685. The number of morpholine rings is 1. The van der Waals surface area contributed by atoms with Crippen LogP contribution >= 0.6 is 11.8 Å². The molecule has 1 aliphatic rings. The fourth-order valence-corrected chi connectivity index (χ4v) is 5.66. The zero-order chi connectivity index (χ0) is 21.7. The third-order valence-electron chi connectivity index (χ3n) is 4.77. The van der Waals surface area contributed by atoms with Crippen LogP contribution in [0, 0.1) is 0 Å². The van der Waals surface area contributed by atoms with Crippen molar-refractivity contribution >= 4 is 38.7 Å². The van der Waals surface area contributed by atoms with E-state index in [1.807, 2.05) is 18.4 Å². The van der Waals surface area contributed by atoms with Crippen molar-refractivity contribution in [2.24, 2.45) is 0 Å². The lowest BCUT2D eigenvalue weighted by atomic mass is 10.3. The van der Waals surface area contributed by atoms with Crippen molar-refractivity contribution in [1.29, 1.82) is 0 Å². The molecule has 1 N–H and O–H groups in total. The maximum absolute atomic E-state index is 12.9. The third kappa shape index (κ3) is 5.14. The zero-order valence-electron chi connectivity index (χ0n) is 17.5. The lowest BCUT2D eigenvalue weighted by Crippen LogP contribution is -2.40. The van der Waals surface area contributed by atoms with Gasteiger partial charge in [-0.25, -0.2) is 13.4 Å². The second kappa shape index (κ2) is 10.1. The van der Waals surface area contributed by atoms with Crippen LogP contribution in [0.1, 0.15) is 13.8 Å². The number of fused-ring (bicyclic) bond motifs is 1. The van der Waals surface area contributed by atoms with Gasteiger partial charge in [-0.3, -0.25) is 4.79 Å². The number of benzene rings is 1. The molecule has 0 bridgehead atoms. The number of aromatic nitrogens is 2. The van der Waals surface area contributed by atoms with E-state index in [1.54, 1.807) is 25.3 Å². The van der Waals surface area contributed by atoms with Gasteiger partial charge >= 0.3 is 0 Å². The molecule has 0 radical (unpaired) electrons. The van der Waals surface area contributed by atoms with Gasteiger partial charge < -0.3 is 19.4 Å². The van der Waals surface area contributed by atoms with Crippen LogP contribution < -0.4 is 5.32 Å². The first-order valence-corrected chi connectivity index (χ1v) is 12.3. The molecule has 0 spiro atoms. The quantitative estimate of drug-likeness (QED) is 0.568. The van der Waals surface area contributed by atoms with Crippen LogP contribution in [0.15, 0.2) is 28.3 Å². The summed E-state index contributed by atoms with van der Waals surface area (Å²) in [6.45, 7) is 6.48. The summed E-state index contributed by atoms with van der Waals surface area (Å²) in [6, 6.07) is 4.94. The highest BCUT2D eigenvalue weighted by atomic mass is 32.2. The topological polar surface area (TPSA) is 103 Å². The number of sulfonamides is 1. The second-order valence-corrected chi connectivity index (χ2v) is 9.90. The van der Waals surface area contributed by atoms with Crippen LogP contribution in [0.25, 0.3) is 11.0 Å². The van der Waals surface area contributed by atoms with Gasteiger partial charge in [0.2, 0.25) is 15.9 Å². The Morgan fingerprint density at radius 3 is 2.77 bits per heavy atom. The summed E-state index contributed by atoms with van der Waals surface area (Å²) in [4.78, 5) is 17.0. The molecular formula is C19H28N4O5S2. The van der Waals surface area contributed by atoms with Gasteiger partial charge in [0.05, 0.1) is 41.5 Å². The molecule has 3 rings (SSSR count). The maximum atomic E-state index is 12.9. The first kappa shape index (κ1) is 23.0. The lowest BCUT2D eigenvalue weighted by Gasteiger charge is -2.26. The largest absolute Gasteiger partial charge is 0.383 e. The molecule has 2 heterocycles. The fraction of sp³-hybridized carbons (Fsp3) is 0.579. The van der Waals surface area contributed by atoms with E-state index in [-0.39, 0.29) is 22.6 Å². The molecule has 1 unspecified atom stereocenters. The molecule has 0 aliphatic carbocycles. The number of carbonyl (C=O) groups excluding carboxylic acids is 1. The van der Waals surface area contributed by atoms with Crippen molar-refractivity contribution in [2.75, 3.05) is 45.8 Å². The van der Waals surface area contributed by atoms with Gasteiger partial charge in [0, 0.05) is 32.8 Å². The van der Waals surface area contributed by atoms with E-state index in [9.17, 15) is 13.2 Å². The number of thioether (sulfide) groups is 1. The highest BCUT2D eigenvalue weighted by Crippen LogP contribution is 2.27. The van der Waals surface area contributed by atoms with E-state index in [0.29, 0.717) is 50.1 Å². The monoisotopic (exact) mass is 456 g/mol. The number of imidazole rings is 1. The summed E-state index contributed by atoms with van der Waals surface area (Å²) in [7, 11) is -2.00. The fourth-order valence-electron chi connectivity index (χ4n) is 3.34. The molecular weight excluding hydrogens is 428 g/mol. The van der Waals surface area contributed by atoms with Crippen molar-refractivity contribution in [2.45, 2.75) is 36.5 Å². The number of aryl methyl sites for hydroxylation is 1. The molecule has 1 aromatic carbocycles. The number of carbonyl (C=O) groups is 1. The Balaban J connectivity index is 1.79. The Labute approximate surface area is 181 Å². The predicted molar refractivity (Wildman–Crippen MR) is 115 cm³/mol. The van der Waals surface area contributed by atoms with Gasteiger partial charge in [-0.15, -0.1) is 0 Å². The molecule has 0 saturated carbocycles. The van der Waals surface area contributed by atoms with Crippen LogP contribution in [0.3, 0.4) is 0 Å². The zero-order valence-corrected chi connectivity index (χ0v) is 19.1. The van der Waals surface area contributed by atoms with Crippen LogP contribution in [0.5, 0.6) is 0 Å². The first-order valence-electron chi connectivity index (χ1n) is 9.86. The van der Waals surface area contributed by atoms with E-state index < -0.39 is 10.0 Å². The molecule has 1 amide bonds. The molecule has 1 fully saturated rings. The highest BCUT2D eigenvalue weighted by molar-refractivity contribution is 7.99. The standard InChI is InChI=1S/C19H28N4O5S2/c1-4-23-17-6-5-15(30(25,26)22-7-9-28-10-8-22)11-16(17)21-19(23)29-13-18(24)20-14(2)12-27-3/h5-6,11,14H,4,7-10,12-13H2,1-3H3,(H,20,24). The normalized spacial score (nSPS) is 16.6. The number of nitrogens with zero attached hydrogens (tertiary/aromatic N) is 3. The minimum Gasteiger partial charge on any atom is -0.383 e. The Morgan fingerprint density at radius 2 is 2.10 bits per heavy atom. The lowest BCUT2D eigenvalue weighted by molar-refractivity contribution is -0.119. The smallest absolute Gasteiger partial charge is 0.243 e. The summed E-state index contributed by atoms with van der Waals surface area (Å²) in [5.41, 5.74) is 1.44. The Bertz CT molecular complexity index is 986. The average Bonchev–Trinajstić information content (AvgIpc) is 3.09. The van der Waals surface area contributed by atoms with Crippen molar-refractivity contribution in [3.05, 3.63) is 18.2 Å². The summed E-state index contributed by atoms with van der Waals surface area (Å²) >= 11 is 1.33. The number of amides is 1. The molecule has 1 atom stereocenters. The second-order valence-electron chi connectivity index (χ2n) is 7.02. The number of rotatable bonds is 9. The SMILES string of the molecule is CCn1c(SCC(=O)NC(C)COC)nc2cc(S(=O)(=O)N3CCOCC3)ccc21. The molecule has 30 heavy (non-hydrogen) atoms. The van der Waals surface area contributed by atoms with Gasteiger partial charge in [0.25, 0.3) is 0 Å². The van der Waals surface area contributed by atoms with Gasteiger partial charge in [-0.2, -0.15) is 4.31 Å². The van der Waals surface area contributed by atoms with Crippen molar-refractivity contribution < 1.29 is 22.7 Å². The number of hydrogen-bond acceptors (Lipinski definition) is 7. The Kier molecular flexibility index (Phi) is 7.75. The summed E-state index contributed by atoms with van der Waals surface area (Å²) in [5, 5.41) is 3.55. The van der Waals surface area contributed by atoms with Gasteiger partial charge in [0.15, 0.2) is 5.16 Å². The van der Waals surface area contributed by atoms with Gasteiger partial charge in [-0.1, -0.05) is 11.8 Å². The number of nitrogens with one attached hydrogen (secondary N) is 1. The molecule has 2 aromatic rings. The molecule has 9 nitrogen and oxygen atoms in total. The van der Waals surface area contributed by atoms with Crippen LogP contribution in [-0.2, 0) is 30.8 Å². The molecule has 1 aliphatic heterocycles. The van der Waals surface area contributed by atoms with E-state index in [1.165, 1.54) is 16.1 Å². The average molecular weight is 457 g/mol. The Hall–Kier alpha value is -1.66. The summed E-state index contributed by atoms with van der Waals surface area (Å²) < 4.78 is 39.6. The van der Waals surface area contributed by atoms with Crippen molar-refractivity contribution in [3.8, 4) is 0 Å². The molecule has 166 valence electrons.